The summed E-state index contributed by atoms with van der Waals surface area (Å²) < 4.78 is 11.4. The van der Waals surface area contributed by atoms with Gasteiger partial charge >= 0.3 is 5.97 Å². The van der Waals surface area contributed by atoms with Gasteiger partial charge < -0.3 is 19.5 Å². The molecule has 0 radical (unpaired) electrons. The fourth-order valence-electron chi connectivity index (χ4n) is 3.13. The number of ether oxygens (including phenoxy) is 2. The van der Waals surface area contributed by atoms with Gasteiger partial charge in [0.1, 0.15) is 11.5 Å². The van der Waals surface area contributed by atoms with E-state index in [-0.39, 0.29) is 18.6 Å². The molecule has 1 aliphatic rings. The number of carbonyl (C=O) groups is 2. The van der Waals surface area contributed by atoms with Crippen molar-refractivity contribution in [2.45, 2.75) is 6.10 Å². The van der Waals surface area contributed by atoms with E-state index in [9.17, 15) is 9.59 Å². The van der Waals surface area contributed by atoms with Crippen molar-refractivity contribution in [3.63, 3.8) is 0 Å². The minimum absolute atomic E-state index is 0.0588. The van der Waals surface area contributed by atoms with Gasteiger partial charge in [0.25, 0.3) is 5.91 Å². The maximum atomic E-state index is 12.8. The fourth-order valence-corrected chi connectivity index (χ4v) is 3.13. The van der Waals surface area contributed by atoms with Gasteiger partial charge in [0.15, 0.2) is 0 Å². The fraction of sp³-hybridized carbons (Fsp3) is 0.333. The van der Waals surface area contributed by atoms with E-state index in [1.54, 1.807) is 41.1 Å². The van der Waals surface area contributed by atoms with Crippen LogP contribution in [-0.4, -0.2) is 72.7 Å². The summed E-state index contributed by atoms with van der Waals surface area (Å²) in [5, 5.41) is 8.86. The van der Waals surface area contributed by atoms with Gasteiger partial charge in [-0.1, -0.05) is 18.2 Å². The Balaban J connectivity index is 1.57. The second kappa shape index (κ2) is 9.34. The number of likely N-dealkylation sites (N-methyl/N-ethyl adjacent to an activating group) is 1. The molecule has 1 heterocycles. The molecule has 0 saturated carbocycles. The third kappa shape index (κ3) is 5.55. The summed E-state index contributed by atoms with van der Waals surface area (Å²) in [5.41, 5.74) is 0.583. The highest BCUT2D eigenvalue weighted by atomic mass is 16.5. The smallest absolute Gasteiger partial charge is 0.317 e. The molecule has 3 rings (SSSR count). The number of benzene rings is 2. The van der Waals surface area contributed by atoms with Gasteiger partial charge in [-0.25, -0.2) is 0 Å². The second-order valence-electron chi connectivity index (χ2n) is 6.77. The quantitative estimate of drug-likeness (QED) is 0.789. The topological polar surface area (TPSA) is 79.3 Å². The lowest BCUT2D eigenvalue weighted by atomic mass is 10.1. The Labute approximate surface area is 164 Å². The van der Waals surface area contributed by atoms with Gasteiger partial charge in [-0.2, -0.15) is 0 Å². The van der Waals surface area contributed by atoms with E-state index in [0.29, 0.717) is 37.6 Å². The van der Waals surface area contributed by atoms with Crippen molar-refractivity contribution in [1.29, 1.82) is 0 Å². The zero-order valence-corrected chi connectivity index (χ0v) is 15.8. The van der Waals surface area contributed by atoms with Crippen molar-refractivity contribution in [2.75, 3.05) is 39.8 Å². The van der Waals surface area contributed by atoms with E-state index in [1.165, 1.54) is 0 Å². The predicted molar refractivity (Wildman–Crippen MR) is 104 cm³/mol. The number of carboxylic acid groups (broad SMARTS) is 1. The number of nitrogens with zero attached hydrogens (tertiary/aromatic N) is 2. The average molecular weight is 384 g/mol. The lowest BCUT2D eigenvalue weighted by Gasteiger charge is -2.34. The Hall–Kier alpha value is -2.90. The number of rotatable bonds is 7. The number of carbonyl (C=O) groups excluding carboxylic acids is 1. The average Bonchev–Trinajstić information content (AvgIpc) is 2.68. The first-order valence-corrected chi connectivity index (χ1v) is 9.15. The van der Waals surface area contributed by atoms with Gasteiger partial charge in [-0.05, 0) is 43.4 Å². The molecule has 0 spiro atoms. The molecule has 0 aromatic heterocycles. The Morgan fingerprint density at radius 1 is 1.14 bits per heavy atom. The van der Waals surface area contributed by atoms with Crippen LogP contribution in [-0.2, 0) is 9.53 Å². The summed E-state index contributed by atoms with van der Waals surface area (Å²) in [6.45, 7) is 1.79. The third-order valence-electron chi connectivity index (χ3n) is 4.43. The molecule has 0 unspecified atom stereocenters. The largest absolute Gasteiger partial charge is 0.480 e. The van der Waals surface area contributed by atoms with Gasteiger partial charge in [0.05, 0.1) is 19.3 Å². The Bertz CT molecular complexity index is 794. The van der Waals surface area contributed by atoms with Crippen LogP contribution in [0.5, 0.6) is 11.5 Å². The van der Waals surface area contributed by atoms with Crippen molar-refractivity contribution in [3.05, 3.63) is 60.2 Å². The standard InChI is InChI=1S/C21H24N2O5/c1-22(15-20(24)25)13-19-14-23(11-12-27-19)21(26)16-7-9-18(10-8-16)28-17-5-3-2-4-6-17/h2-10,19H,11-15H2,1H3,(H,24,25)/t19-/m1/s1. The van der Waals surface area contributed by atoms with Crippen molar-refractivity contribution >= 4 is 11.9 Å². The number of amides is 1. The van der Waals surface area contributed by atoms with Crippen LogP contribution in [0.2, 0.25) is 0 Å². The highest BCUT2D eigenvalue weighted by molar-refractivity contribution is 5.94. The first-order valence-electron chi connectivity index (χ1n) is 9.15. The monoisotopic (exact) mass is 384 g/mol. The van der Waals surface area contributed by atoms with Crippen LogP contribution in [0.4, 0.5) is 0 Å². The summed E-state index contributed by atoms with van der Waals surface area (Å²) in [6, 6.07) is 16.5. The highest BCUT2D eigenvalue weighted by Crippen LogP contribution is 2.22. The Kier molecular flexibility index (Phi) is 6.62. The minimum Gasteiger partial charge on any atom is -0.480 e. The van der Waals surface area contributed by atoms with Crippen LogP contribution in [0.15, 0.2) is 54.6 Å². The van der Waals surface area contributed by atoms with E-state index < -0.39 is 5.97 Å². The summed E-state index contributed by atoms with van der Waals surface area (Å²) in [4.78, 5) is 27.0. The van der Waals surface area contributed by atoms with E-state index in [2.05, 4.69) is 0 Å². The molecule has 7 nitrogen and oxygen atoms in total. The van der Waals surface area contributed by atoms with Gasteiger partial charge in [0.2, 0.25) is 0 Å². The zero-order valence-electron chi connectivity index (χ0n) is 15.8. The molecule has 28 heavy (non-hydrogen) atoms. The first-order chi connectivity index (χ1) is 13.5. The van der Waals surface area contributed by atoms with Crippen molar-refractivity contribution in [3.8, 4) is 11.5 Å². The third-order valence-corrected chi connectivity index (χ3v) is 4.43. The number of aliphatic carboxylic acids is 1. The number of carboxylic acids is 1. The molecule has 1 atom stereocenters. The molecule has 1 amide bonds. The molecule has 1 fully saturated rings. The molecule has 1 N–H and O–H groups in total. The van der Waals surface area contributed by atoms with Gasteiger partial charge in [-0.3, -0.25) is 14.5 Å². The maximum absolute atomic E-state index is 12.8. The van der Waals surface area contributed by atoms with Crippen LogP contribution in [0.3, 0.4) is 0 Å². The van der Waals surface area contributed by atoms with Crippen molar-refractivity contribution in [2.24, 2.45) is 0 Å². The Morgan fingerprint density at radius 3 is 2.50 bits per heavy atom. The number of morpholine rings is 1. The van der Waals surface area contributed by atoms with Crippen LogP contribution >= 0.6 is 0 Å². The first kappa shape index (κ1) is 19.9. The van der Waals surface area contributed by atoms with Crippen LogP contribution < -0.4 is 4.74 Å². The molecule has 0 bridgehead atoms. The minimum atomic E-state index is -0.885. The molecule has 1 aliphatic heterocycles. The number of hydrogen-bond acceptors (Lipinski definition) is 5. The molecule has 7 heteroatoms. The molecule has 0 aliphatic carbocycles. The van der Waals surface area contributed by atoms with E-state index in [1.807, 2.05) is 30.3 Å². The highest BCUT2D eigenvalue weighted by Gasteiger charge is 2.26. The molecule has 148 valence electrons. The predicted octanol–water partition coefficient (Wildman–Crippen LogP) is 2.34. The summed E-state index contributed by atoms with van der Waals surface area (Å²) in [6.07, 6.45) is -0.206. The van der Waals surface area contributed by atoms with Crippen molar-refractivity contribution in [1.82, 2.24) is 9.80 Å². The molecular formula is C21H24N2O5. The second-order valence-corrected chi connectivity index (χ2v) is 6.77. The summed E-state index contributed by atoms with van der Waals surface area (Å²) in [5.74, 6) is 0.450. The van der Waals surface area contributed by atoms with E-state index in [4.69, 9.17) is 14.6 Å². The summed E-state index contributed by atoms with van der Waals surface area (Å²) in [7, 11) is 1.73. The van der Waals surface area contributed by atoms with Gasteiger partial charge in [-0.15, -0.1) is 0 Å². The molecule has 2 aromatic carbocycles. The lowest BCUT2D eigenvalue weighted by molar-refractivity contribution is -0.138. The van der Waals surface area contributed by atoms with Crippen LogP contribution in [0.25, 0.3) is 0 Å². The number of para-hydroxylation sites is 1. The lowest BCUT2D eigenvalue weighted by Crippen LogP contribution is -2.49. The van der Waals surface area contributed by atoms with Crippen LogP contribution in [0.1, 0.15) is 10.4 Å². The number of hydrogen-bond donors (Lipinski definition) is 1. The van der Waals surface area contributed by atoms with Gasteiger partial charge in [0, 0.05) is 25.2 Å². The van der Waals surface area contributed by atoms with E-state index >= 15 is 0 Å². The SMILES string of the molecule is CN(CC(=O)O)C[C@@H]1CN(C(=O)c2ccc(Oc3ccccc3)cc2)CCO1. The zero-order chi connectivity index (χ0) is 19.9. The molecule has 2 aromatic rings. The molecule has 1 saturated heterocycles. The maximum Gasteiger partial charge on any atom is 0.317 e. The summed E-state index contributed by atoms with van der Waals surface area (Å²) >= 11 is 0. The van der Waals surface area contributed by atoms with Crippen LogP contribution in [0, 0.1) is 0 Å². The molecular weight excluding hydrogens is 360 g/mol. The van der Waals surface area contributed by atoms with Crippen molar-refractivity contribution < 1.29 is 24.2 Å². The van der Waals surface area contributed by atoms with E-state index in [0.717, 1.165) is 5.75 Å². The normalized spacial score (nSPS) is 16.8. The Morgan fingerprint density at radius 2 is 1.82 bits per heavy atom.